The molecule has 116 valence electrons. The average molecular weight is 312 g/mol. The van der Waals surface area contributed by atoms with Gasteiger partial charge in [0.1, 0.15) is 6.73 Å². The van der Waals surface area contributed by atoms with Gasteiger partial charge in [-0.25, -0.2) is 8.42 Å². The van der Waals surface area contributed by atoms with Gasteiger partial charge in [0.05, 0.1) is 17.9 Å². The van der Waals surface area contributed by atoms with E-state index in [4.69, 9.17) is 4.74 Å². The van der Waals surface area contributed by atoms with Gasteiger partial charge in [-0.15, -0.1) is 0 Å². The van der Waals surface area contributed by atoms with Gasteiger partial charge in [-0.3, -0.25) is 4.79 Å². The van der Waals surface area contributed by atoms with E-state index >= 15 is 0 Å². The Hall–Kier alpha value is -1.44. The minimum atomic E-state index is -3.45. The van der Waals surface area contributed by atoms with E-state index in [2.05, 4.69) is 5.32 Å². The van der Waals surface area contributed by atoms with E-state index in [-0.39, 0.29) is 24.9 Å². The number of hydrogen-bond acceptors (Lipinski definition) is 4. The summed E-state index contributed by atoms with van der Waals surface area (Å²) >= 11 is 0. The minimum Gasteiger partial charge on any atom is -0.363 e. The van der Waals surface area contributed by atoms with Crippen molar-refractivity contribution in [2.75, 3.05) is 25.6 Å². The molecule has 7 heteroatoms. The molecule has 1 amide bonds. The van der Waals surface area contributed by atoms with Gasteiger partial charge in [0.2, 0.25) is 10.0 Å². The molecule has 0 unspecified atom stereocenters. The van der Waals surface area contributed by atoms with E-state index < -0.39 is 15.6 Å². The molecular weight excluding hydrogens is 292 g/mol. The molecule has 1 fully saturated rings. The van der Waals surface area contributed by atoms with Crippen molar-refractivity contribution in [1.82, 2.24) is 9.62 Å². The van der Waals surface area contributed by atoms with Crippen LogP contribution >= 0.6 is 0 Å². The molecule has 2 rings (SSSR count). The molecule has 0 aromatic heterocycles. The molecule has 1 aromatic rings. The van der Waals surface area contributed by atoms with Gasteiger partial charge < -0.3 is 10.1 Å². The summed E-state index contributed by atoms with van der Waals surface area (Å²) in [5, 5.41) is 2.62. The second kappa shape index (κ2) is 6.13. The summed E-state index contributed by atoms with van der Waals surface area (Å²) in [6.45, 7) is 4.16. The summed E-state index contributed by atoms with van der Waals surface area (Å²) < 4.78 is 31.1. The van der Waals surface area contributed by atoms with E-state index in [1.807, 2.05) is 19.9 Å². The van der Waals surface area contributed by atoms with Gasteiger partial charge in [-0.1, -0.05) is 18.2 Å². The van der Waals surface area contributed by atoms with Crippen molar-refractivity contribution in [3.63, 3.8) is 0 Å². The van der Waals surface area contributed by atoms with Crippen LogP contribution in [-0.4, -0.2) is 49.8 Å². The first-order valence-corrected chi connectivity index (χ1v) is 8.35. The van der Waals surface area contributed by atoms with Crippen LogP contribution in [0.3, 0.4) is 0 Å². The highest BCUT2D eigenvalue weighted by Crippen LogP contribution is 2.24. The van der Waals surface area contributed by atoms with Gasteiger partial charge >= 0.3 is 0 Å². The summed E-state index contributed by atoms with van der Waals surface area (Å²) in [6, 6.07) is 8.70. The minimum absolute atomic E-state index is 0.0714. The molecule has 1 aliphatic heterocycles. The van der Waals surface area contributed by atoms with Crippen LogP contribution in [0.25, 0.3) is 0 Å². The third kappa shape index (κ3) is 3.81. The van der Waals surface area contributed by atoms with Gasteiger partial charge in [0, 0.05) is 12.1 Å². The van der Waals surface area contributed by atoms with E-state index in [1.165, 1.54) is 4.31 Å². The third-order valence-electron chi connectivity index (χ3n) is 3.36. The highest BCUT2D eigenvalue weighted by atomic mass is 32.2. The molecule has 1 saturated heterocycles. The second-order valence-electron chi connectivity index (χ2n) is 5.58. The van der Waals surface area contributed by atoms with Gasteiger partial charge in [-0.05, 0) is 26.0 Å². The predicted octanol–water partition coefficient (Wildman–Crippen LogP) is 0.815. The number of amides is 1. The highest BCUT2D eigenvalue weighted by molar-refractivity contribution is 7.89. The second-order valence-corrected chi connectivity index (χ2v) is 7.59. The number of sulfonamides is 1. The molecule has 1 aromatic carbocycles. The summed E-state index contributed by atoms with van der Waals surface area (Å²) in [5.74, 6) is -0.416. The van der Waals surface area contributed by atoms with E-state index in [1.54, 1.807) is 24.3 Å². The standard InChI is InChI=1S/C14H20N2O4S/c1-14(2)10-20-11-16(14)21(18,19)9-8-15-13(17)12-6-4-3-5-7-12/h3-7H,8-11H2,1-2H3,(H,15,17). The molecule has 1 heterocycles. The normalized spacial score (nSPS) is 18.6. The summed E-state index contributed by atoms with van der Waals surface area (Å²) in [5.41, 5.74) is -0.0258. The number of hydrogen-bond donors (Lipinski definition) is 1. The lowest BCUT2D eigenvalue weighted by Crippen LogP contribution is -2.46. The maximum Gasteiger partial charge on any atom is 0.251 e. The fourth-order valence-electron chi connectivity index (χ4n) is 2.18. The zero-order valence-corrected chi connectivity index (χ0v) is 13.0. The summed E-state index contributed by atoms with van der Waals surface area (Å²) in [7, 11) is -3.45. The van der Waals surface area contributed by atoms with Crippen LogP contribution < -0.4 is 5.32 Å². The molecule has 0 saturated carbocycles. The Morgan fingerprint density at radius 1 is 1.33 bits per heavy atom. The predicted molar refractivity (Wildman–Crippen MR) is 79.3 cm³/mol. The van der Waals surface area contributed by atoms with Crippen LogP contribution in [0.2, 0.25) is 0 Å². The van der Waals surface area contributed by atoms with Crippen molar-refractivity contribution in [1.29, 1.82) is 0 Å². The summed E-state index contributed by atoms with van der Waals surface area (Å²) in [6.07, 6.45) is 0. The lowest BCUT2D eigenvalue weighted by atomic mass is 10.1. The summed E-state index contributed by atoms with van der Waals surface area (Å²) in [4.78, 5) is 11.8. The first kappa shape index (κ1) is 15.9. The number of carbonyl (C=O) groups is 1. The Morgan fingerprint density at radius 2 is 2.00 bits per heavy atom. The van der Waals surface area contributed by atoms with Crippen molar-refractivity contribution in [2.45, 2.75) is 19.4 Å². The van der Waals surface area contributed by atoms with Crippen LogP contribution in [-0.2, 0) is 14.8 Å². The van der Waals surface area contributed by atoms with Crippen molar-refractivity contribution < 1.29 is 17.9 Å². The van der Waals surface area contributed by atoms with Crippen molar-refractivity contribution >= 4 is 15.9 Å². The first-order valence-electron chi connectivity index (χ1n) is 6.74. The van der Waals surface area contributed by atoms with Crippen molar-refractivity contribution in [3.05, 3.63) is 35.9 Å². The quantitative estimate of drug-likeness (QED) is 0.873. The maximum atomic E-state index is 12.3. The monoisotopic (exact) mass is 312 g/mol. The van der Waals surface area contributed by atoms with Crippen LogP contribution in [0, 0.1) is 0 Å². The Bertz CT molecular complexity index is 599. The number of carbonyl (C=O) groups excluding carboxylic acids is 1. The topological polar surface area (TPSA) is 75.7 Å². The average Bonchev–Trinajstić information content (AvgIpc) is 2.80. The largest absolute Gasteiger partial charge is 0.363 e. The number of nitrogens with zero attached hydrogens (tertiary/aromatic N) is 1. The maximum absolute atomic E-state index is 12.3. The van der Waals surface area contributed by atoms with Crippen LogP contribution in [0.15, 0.2) is 30.3 Å². The third-order valence-corrected chi connectivity index (χ3v) is 5.35. The highest BCUT2D eigenvalue weighted by Gasteiger charge is 2.40. The Labute approximate surface area is 125 Å². The van der Waals surface area contributed by atoms with Gasteiger partial charge in [0.25, 0.3) is 5.91 Å². The molecule has 0 radical (unpaired) electrons. The molecule has 1 aliphatic rings. The fraction of sp³-hybridized carbons (Fsp3) is 0.500. The molecule has 21 heavy (non-hydrogen) atoms. The molecular formula is C14H20N2O4S. The molecule has 0 atom stereocenters. The number of nitrogens with one attached hydrogen (secondary N) is 1. The molecule has 0 spiro atoms. The zero-order valence-electron chi connectivity index (χ0n) is 12.2. The first-order chi connectivity index (χ1) is 9.83. The Balaban J connectivity index is 1.90. The lowest BCUT2D eigenvalue weighted by Gasteiger charge is -2.28. The van der Waals surface area contributed by atoms with Gasteiger partial charge in [-0.2, -0.15) is 4.31 Å². The molecule has 6 nitrogen and oxygen atoms in total. The SMILES string of the molecule is CC1(C)COCN1S(=O)(=O)CCNC(=O)c1ccccc1. The Kier molecular flexibility index (Phi) is 4.65. The number of rotatable bonds is 5. The zero-order chi connectivity index (χ0) is 15.5. The number of ether oxygens (including phenoxy) is 1. The van der Waals surface area contributed by atoms with Gasteiger partial charge in [0.15, 0.2) is 0 Å². The van der Waals surface area contributed by atoms with Crippen LogP contribution in [0.4, 0.5) is 0 Å². The smallest absolute Gasteiger partial charge is 0.251 e. The lowest BCUT2D eigenvalue weighted by molar-refractivity contribution is 0.0956. The van der Waals surface area contributed by atoms with Crippen molar-refractivity contribution in [2.24, 2.45) is 0 Å². The van der Waals surface area contributed by atoms with Crippen LogP contribution in [0.5, 0.6) is 0 Å². The molecule has 0 bridgehead atoms. The number of benzene rings is 1. The van der Waals surface area contributed by atoms with E-state index in [9.17, 15) is 13.2 Å². The molecule has 0 aliphatic carbocycles. The Morgan fingerprint density at radius 3 is 2.57 bits per heavy atom. The molecule has 1 N–H and O–H groups in total. The van der Waals surface area contributed by atoms with Crippen molar-refractivity contribution in [3.8, 4) is 0 Å². The van der Waals surface area contributed by atoms with Crippen LogP contribution in [0.1, 0.15) is 24.2 Å². The van der Waals surface area contributed by atoms with E-state index in [0.717, 1.165) is 0 Å². The van der Waals surface area contributed by atoms with E-state index in [0.29, 0.717) is 12.2 Å². The fourth-order valence-corrected chi connectivity index (χ4v) is 3.80.